The summed E-state index contributed by atoms with van der Waals surface area (Å²) in [5.41, 5.74) is 0. The molecule has 1 amide bonds. The number of aliphatic hydroxyl groups is 1. The molecule has 4 nitrogen and oxygen atoms in total. The zero-order valence-electron chi connectivity index (χ0n) is 5.83. The Morgan fingerprint density at radius 2 is 2.60 bits per heavy atom. The van der Waals surface area contributed by atoms with Gasteiger partial charge in [0.25, 0.3) is 0 Å². The molecule has 0 saturated heterocycles. The van der Waals surface area contributed by atoms with Gasteiger partial charge in [-0.3, -0.25) is 0 Å². The van der Waals surface area contributed by atoms with Gasteiger partial charge in [0, 0.05) is 0 Å². The van der Waals surface area contributed by atoms with Crippen molar-refractivity contribution in [3.8, 4) is 0 Å². The maximum Gasteiger partial charge on any atom is 0.407 e. The Balaban J connectivity index is 3.62. The standard InChI is InChI=1S/C6H11NO3/c1-3-5(4-8)7-6(9)10-2/h3,5,8H,1,4H2,2H3,(H,7,9)/t5-/m0/s1. The molecule has 0 bridgehead atoms. The van der Waals surface area contributed by atoms with E-state index >= 15 is 0 Å². The Hall–Kier alpha value is -1.03. The molecule has 0 fully saturated rings. The van der Waals surface area contributed by atoms with E-state index in [1.807, 2.05) is 0 Å². The number of ether oxygens (including phenoxy) is 1. The fourth-order valence-electron chi connectivity index (χ4n) is 0.389. The smallest absolute Gasteiger partial charge is 0.407 e. The Morgan fingerprint density at radius 1 is 2.00 bits per heavy atom. The second-order valence-electron chi connectivity index (χ2n) is 1.66. The number of hydrogen-bond donors (Lipinski definition) is 2. The van der Waals surface area contributed by atoms with Gasteiger partial charge in [-0.2, -0.15) is 0 Å². The molecule has 2 N–H and O–H groups in total. The molecule has 0 spiro atoms. The first-order chi connectivity index (χ1) is 4.74. The van der Waals surface area contributed by atoms with Gasteiger partial charge in [-0.25, -0.2) is 4.79 Å². The first-order valence-electron chi connectivity index (χ1n) is 2.82. The number of aliphatic hydroxyl groups excluding tert-OH is 1. The lowest BCUT2D eigenvalue weighted by molar-refractivity contribution is 0.162. The fourth-order valence-corrected chi connectivity index (χ4v) is 0.389. The van der Waals surface area contributed by atoms with Crippen LogP contribution in [0, 0.1) is 0 Å². The highest BCUT2D eigenvalue weighted by molar-refractivity contribution is 5.67. The van der Waals surface area contributed by atoms with Crippen LogP contribution in [0.15, 0.2) is 12.7 Å². The predicted molar refractivity (Wildman–Crippen MR) is 36.6 cm³/mol. The molecule has 4 heteroatoms. The third kappa shape index (κ3) is 3.09. The number of amides is 1. The van der Waals surface area contributed by atoms with E-state index in [4.69, 9.17) is 5.11 Å². The lowest BCUT2D eigenvalue weighted by atomic mass is 10.3. The summed E-state index contributed by atoms with van der Waals surface area (Å²) in [4.78, 5) is 10.4. The topological polar surface area (TPSA) is 58.6 Å². The predicted octanol–water partition coefficient (Wildman–Crippen LogP) is -0.111. The minimum Gasteiger partial charge on any atom is -0.453 e. The summed E-state index contributed by atoms with van der Waals surface area (Å²) < 4.78 is 4.28. The largest absolute Gasteiger partial charge is 0.453 e. The van der Waals surface area contributed by atoms with Crippen molar-refractivity contribution in [1.82, 2.24) is 5.32 Å². The minimum atomic E-state index is -0.570. The van der Waals surface area contributed by atoms with Crippen molar-refractivity contribution in [2.24, 2.45) is 0 Å². The van der Waals surface area contributed by atoms with E-state index in [9.17, 15) is 4.79 Å². The van der Waals surface area contributed by atoms with Crippen molar-refractivity contribution >= 4 is 6.09 Å². The first-order valence-corrected chi connectivity index (χ1v) is 2.82. The lowest BCUT2D eigenvalue weighted by Gasteiger charge is -2.09. The van der Waals surface area contributed by atoms with Crippen molar-refractivity contribution in [2.75, 3.05) is 13.7 Å². The van der Waals surface area contributed by atoms with Crippen molar-refractivity contribution in [1.29, 1.82) is 0 Å². The van der Waals surface area contributed by atoms with Gasteiger partial charge >= 0.3 is 6.09 Å². The molecular weight excluding hydrogens is 134 g/mol. The molecule has 0 aliphatic rings. The summed E-state index contributed by atoms with van der Waals surface area (Å²) in [7, 11) is 1.26. The third-order valence-corrected chi connectivity index (χ3v) is 0.970. The fraction of sp³-hybridized carbons (Fsp3) is 0.500. The van der Waals surface area contributed by atoms with Crippen molar-refractivity contribution in [3.63, 3.8) is 0 Å². The van der Waals surface area contributed by atoms with E-state index < -0.39 is 12.1 Å². The first kappa shape index (κ1) is 8.97. The van der Waals surface area contributed by atoms with Crippen LogP contribution in [-0.4, -0.2) is 31.0 Å². The molecule has 0 unspecified atom stereocenters. The maximum atomic E-state index is 10.4. The van der Waals surface area contributed by atoms with Gasteiger partial charge in [-0.1, -0.05) is 6.08 Å². The summed E-state index contributed by atoms with van der Waals surface area (Å²) >= 11 is 0. The highest BCUT2D eigenvalue weighted by Gasteiger charge is 2.05. The number of alkyl carbamates (subject to hydrolysis) is 1. The molecule has 0 radical (unpaired) electrons. The molecule has 0 aliphatic heterocycles. The van der Waals surface area contributed by atoms with Crippen molar-refractivity contribution in [2.45, 2.75) is 6.04 Å². The van der Waals surface area contributed by atoms with Crippen LogP contribution in [0.1, 0.15) is 0 Å². The average molecular weight is 145 g/mol. The molecule has 0 aromatic heterocycles. The number of carbonyl (C=O) groups excluding carboxylic acids is 1. The monoisotopic (exact) mass is 145 g/mol. The highest BCUT2D eigenvalue weighted by Crippen LogP contribution is 1.83. The summed E-state index contributed by atoms with van der Waals surface area (Å²) in [5.74, 6) is 0. The molecule has 0 rings (SSSR count). The second kappa shape index (κ2) is 4.81. The molecule has 0 aliphatic carbocycles. The van der Waals surface area contributed by atoms with Gasteiger partial charge in [-0.15, -0.1) is 6.58 Å². The molecule has 58 valence electrons. The molecular formula is C6H11NO3. The summed E-state index contributed by atoms with van der Waals surface area (Å²) in [5, 5.41) is 10.9. The summed E-state index contributed by atoms with van der Waals surface area (Å²) in [6.07, 6.45) is 0.857. The lowest BCUT2D eigenvalue weighted by Crippen LogP contribution is -2.35. The normalized spacial score (nSPS) is 11.8. The zero-order valence-corrected chi connectivity index (χ0v) is 5.83. The molecule has 0 saturated carbocycles. The second-order valence-corrected chi connectivity index (χ2v) is 1.66. The minimum absolute atomic E-state index is 0.168. The van der Waals surface area contributed by atoms with Gasteiger partial charge in [0.1, 0.15) is 0 Å². The van der Waals surface area contributed by atoms with Crippen LogP contribution in [0.2, 0.25) is 0 Å². The van der Waals surface area contributed by atoms with Gasteiger partial charge in [-0.05, 0) is 0 Å². The van der Waals surface area contributed by atoms with E-state index in [0.717, 1.165) is 0 Å². The molecule has 1 atom stereocenters. The molecule has 0 heterocycles. The van der Waals surface area contributed by atoms with Crippen LogP contribution in [0.25, 0.3) is 0 Å². The Labute approximate surface area is 59.5 Å². The van der Waals surface area contributed by atoms with Crippen molar-refractivity contribution in [3.05, 3.63) is 12.7 Å². The zero-order chi connectivity index (χ0) is 7.98. The Morgan fingerprint density at radius 3 is 2.90 bits per heavy atom. The number of nitrogens with one attached hydrogen (secondary N) is 1. The van der Waals surface area contributed by atoms with Gasteiger partial charge in [0.15, 0.2) is 0 Å². The average Bonchev–Trinajstić information content (AvgIpc) is 1.99. The van der Waals surface area contributed by atoms with Gasteiger partial charge in [0.2, 0.25) is 0 Å². The third-order valence-electron chi connectivity index (χ3n) is 0.970. The van der Waals surface area contributed by atoms with E-state index in [0.29, 0.717) is 0 Å². The number of rotatable bonds is 3. The van der Waals surface area contributed by atoms with Crippen LogP contribution in [0.5, 0.6) is 0 Å². The SMILES string of the molecule is C=C[C@@H](CO)NC(=O)OC. The summed E-state index contributed by atoms with van der Waals surface area (Å²) in [6, 6.07) is -0.424. The number of hydrogen-bond acceptors (Lipinski definition) is 3. The van der Waals surface area contributed by atoms with Crippen molar-refractivity contribution < 1.29 is 14.6 Å². The molecule has 10 heavy (non-hydrogen) atoms. The Bertz CT molecular complexity index is 124. The van der Waals surface area contributed by atoms with Crippen LogP contribution < -0.4 is 5.32 Å². The van der Waals surface area contributed by atoms with Crippen LogP contribution in [0.4, 0.5) is 4.79 Å². The quantitative estimate of drug-likeness (QED) is 0.545. The molecule has 0 aromatic carbocycles. The van der Waals surface area contributed by atoms with Gasteiger partial charge in [0.05, 0.1) is 19.8 Å². The number of carbonyl (C=O) groups is 1. The van der Waals surface area contributed by atoms with Crippen LogP contribution >= 0.6 is 0 Å². The summed E-state index contributed by atoms with van der Waals surface area (Å²) in [6.45, 7) is 3.22. The maximum absolute atomic E-state index is 10.4. The van der Waals surface area contributed by atoms with E-state index in [1.54, 1.807) is 0 Å². The molecule has 0 aromatic rings. The van der Waals surface area contributed by atoms with Crippen LogP contribution in [-0.2, 0) is 4.74 Å². The van der Waals surface area contributed by atoms with Crippen LogP contribution in [0.3, 0.4) is 0 Å². The Kier molecular flexibility index (Phi) is 4.32. The van der Waals surface area contributed by atoms with E-state index in [2.05, 4.69) is 16.6 Å². The van der Waals surface area contributed by atoms with Gasteiger partial charge < -0.3 is 15.2 Å². The van der Waals surface area contributed by atoms with E-state index in [-0.39, 0.29) is 6.61 Å². The highest BCUT2D eigenvalue weighted by atomic mass is 16.5. The number of methoxy groups -OCH3 is 1. The van der Waals surface area contributed by atoms with E-state index in [1.165, 1.54) is 13.2 Å².